The van der Waals surface area contributed by atoms with Crippen LogP contribution in [0, 0.1) is 11.8 Å². The molecule has 1 aliphatic rings. The van der Waals surface area contributed by atoms with Crippen molar-refractivity contribution in [1.82, 2.24) is 0 Å². The molecule has 0 spiro atoms. The molecular formula is C8H14. The van der Waals surface area contributed by atoms with Crippen molar-refractivity contribution in [2.75, 3.05) is 0 Å². The first-order chi connectivity index (χ1) is 3.80. The van der Waals surface area contributed by atoms with Crippen molar-refractivity contribution >= 4 is 0 Å². The van der Waals surface area contributed by atoms with Crippen LogP contribution >= 0.6 is 0 Å². The van der Waals surface area contributed by atoms with Crippen molar-refractivity contribution < 1.29 is 0 Å². The molecule has 0 saturated heterocycles. The molecule has 0 aromatic rings. The van der Waals surface area contributed by atoms with Crippen LogP contribution in [0.1, 0.15) is 26.7 Å². The van der Waals surface area contributed by atoms with Gasteiger partial charge in [0.05, 0.1) is 0 Å². The molecule has 0 amide bonds. The van der Waals surface area contributed by atoms with Crippen molar-refractivity contribution in [2.45, 2.75) is 26.7 Å². The molecule has 0 aromatic carbocycles. The lowest BCUT2D eigenvalue weighted by Gasteiger charge is -2.19. The van der Waals surface area contributed by atoms with E-state index in [1.807, 2.05) is 0 Å². The van der Waals surface area contributed by atoms with Gasteiger partial charge in [-0.05, 0) is 24.7 Å². The predicted molar refractivity (Wildman–Crippen MR) is 36.7 cm³/mol. The van der Waals surface area contributed by atoms with Gasteiger partial charge in [-0.2, -0.15) is 0 Å². The van der Waals surface area contributed by atoms with Crippen LogP contribution in [0.4, 0.5) is 0 Å². The molecule has 0 radical (unpaired) electrons. The largest absolute Gasteiger partial charge is 0.0882 e. The highest BCUT2D eigenvalue weighted by Crippen LogP contribution is 2.22. The monoisotopic (exact) mass is 110 g/mol. The highest BCUT2D eigenvalue weighted by molar-refractivity contribution is 4.93. The molecule has 1 aliphatic carbocycles. The molecule has 0 bridgehead atoms. The third-order valence-electron chi connectivity index (χ3n) is 2.13. The van der Waals surface area contributed by atoms with Crippen molar-refractivity contribution in [2.24, 2.45) is 11.8 Å². The fraction of sp³-hybridized carbons (Fsp3) is 0.750. The molecule has 0 N–H and O–H groups in total. The first kappa shape index (κ1) is 5.87. The molecule has 46 valence electrons. The van der Waals surface area contributed by atoms with Crippen molar-refractivity contribution in [1.29, 1.82) is 0 Å². The molecule has 0 heterocycles. The zero-order chi connectivity index (χ0) is 5.98. The first-order valence-corrected chi connectivity index (χ1v) is 3.47. The third kappa shape index (κ3) is 1.12. The second-order valence-corrected chi connectivity index (χ2v) is 2.84. The summed E-state index contributed by atoms with van der Waals surface area (Å²) in [6, 6.07) is 0. The molecule has 0 aliphatic heterocycles. The highest BCUT2D eigenvalue weighted by Gasteiger charge is 2.10. The Hall–Kier alpha value is -0.260. The smallest absolute Gasteiger partial charge is 0.0236 e. The van der Waals surface area contributed by atoms with Gasteiger partial charge in [-0.3, -0.25) is 0 Å². The van der Waals surface area contributed by atoms with Gasteiger partial charge in [0.25, 0.3) is 0 Å². The normalized spacial score (nSPS) is 37.8. The molecule has 2 atom stereocenters. The molecule has 1 rings (SSSR count). The Morgan fingerprint density at radius 3 is 2.50 bits per heavy atom. The SMILES string of the molecule is CC1C=CCC[C@H]1C. The van der Waals surface area contributed by atoms with Gasteiger partial charge in [-0.15, -0.1) is 0 Å². The fourth-order valence-electron chi connectivity index (χ4n) is 1.12. The van der Waals surface area contributed by atoms with Gasteiger partial charge in [0.15, 0.2) is 0 Å². The Morgan fingerprint density at radius 2 is 2.12 bits per heavy atom. The average Bonchev–Trinajstić information content (AvgIpc) is 1.77. The Morgan fingerprint density at radius 1 is 1.38 bits per heavy atom. The minimum atomic E-state index is 0.823. The lowest BCUT2D eigenvalue weighted by atomic mass is 9.87. The highest BCUT2D eigenvalue weighted by atomic mass is 14.2. The van der Waals surface area contributed by atoms with Crippen LogP contribution in [0.25, 0.3) is 0 Å². The summed E-state index contributed by atoms with van der Waals surface area (Å²) in [5.41, 5.74) is 0. The summed E-state index contributed by atoms with van der Waals surface area (Å²) in [7, 11) is 0. The van der Waals surface area contributed by atoms with Crippen molar-refractivity contribution in [3.05, 3.63) is 12.2 Å². The maximum atomic E-state index is 2.33. The second-order valence-electron chi connectivity index (χ2n) is 2.84. The minimum absolute atomic E-state index is 0.823. The minimum Gasteiger partial charge on any atom is -0.0882 e. The number of rotatable bonds is 0. The molecule has 0 heteroatoms. The van der Waals surface area contributed by atoms with E-state index in [2.05, 4.69) is 26.0 Å². The van der Waals surface area contributed by atoms with E-state index >= 15 is 0 Å². The topological polar surface area (TPSA) is 0 Å². The van der Waals surface area contributed by atoms with E-state index in [4.69, 9.17) is 0 Å². The summed E-state index contributed by atoms with van der Waals surface area (Å²) >= 11 is 0. The Balaban J connectivity index is 2.47. The third-order valence-corrected chi connectivity index (χ3v) is 2.13. The fourth-order valence-corrected chi connectivity index (χ4v) is 1.12. The van der Waals surface area contributed by atoms with Gasteiger partial charge in [-0.25, -0.2) is 0 Å². The molecule has 1 unspecified atom stereocenters. The van der Waals surface area contributed by atoms with Crippen LogP contribution in [-0.2, 0) is 0 Å². The Labute approximate surface area is 51.6 Å². The van der Waals surface area contributed by atoms with Crippen LogP contribution in [-0.4, -0.2) is 0 Å². The van der Waals surface area contributed by atoms with Crippen LogP contribution in [0.5, 0.6) is 0 Å². The summed E-state index contributed by atoms with van der Waals surface area (Å²) in [6.07, 6.45) is 7.31. The maximum Gasteiger partial charge on any atom is -0.0236 e. The van der Waals surface area contributed by atoms with Crippen LogP contribution < -0.4 is 0 Å². The second kappa shape index (κ2) is 2.34. The van der Waals surface area contributed by atoms with Crippen molar-refractivity contribution in [3.8, 4) is 0 Å². The van der Waals surface area contributed by atoms with Gasteiger partial charge in [0.1, 0.15) is 0 Å². The predicted octanol–water partition coefficient (Wildman–Crippen LogP) is 2.61. The molecular weight excluding hydrogens is 96.1 g/mol. The van der Waals surface area contributed by atoms with E-state index in [0.29, 0.717) is 0 Å². The number of allylic oxidation sites excluding steroid dienone is 2. The van der Waals surface area contributed by atoms with E-state index in [-0.39, 0.29) is 0 Å². The molecule has 0 aromatic heterocycles. The summed E-state index contributed by atoms with van der Waals surface area (Å²) < 4.78 is 0. The van der Waals surface area contributed by atoms with Crippen LogP contribution in [0.2, 0.25) is 0 Å². The van der Waals surface area contributed by atoms with Crippen LogP contribution in [0.3, 0.4) is 0 Å². The Bertz CT molecular complexity index is 92.2. The molecule has 0 fully saturated rings. The van der Waals surface area contributed by atoms with Crippen molar-refractivity contribution in [3.63, 3.8) is 0 Å². The van der Waals surface area contributed by atoms with Crippen LogP contribution in [0.15, 0.2) is 12.2 Å². The van der Waals surface area contributed by atoms with Gasteiger partial charge in [0, 0.05) is 0 Å². The summed E-state index contributed by atoms with van der Waals surface area (Å²) in [6.45, 7) is 4.62. The van der Waals surface area contributed by atoms with Gasteiger partial charge < -0.3 is 0 Å². The molecule has 0 saturated carbocycles. The maximum absolute atomic E-state index is 2.33. The van der Waals surface area contributed by atoms with Gasteiger partial charge >= 0.3 is 0 Å². The zero-order valence-electron chi connectivity index (χ0n) is 5.72. The summed E-state index contributed by atoms with van der Waals surface area (Å²) in [4.78, 5) is 0. The number of hydrogen-bond acceptors (Lipinski definition) is 0. The van der Waals surface area contributed by atoms with E-state index in [9.17, 15) is 0 Å². The standard InChI is InChI=1S/C8H14/c1-7-5-3-4-6-8(7)2/h3,5,7-8H,4,6H2,1-2H3/t7?,8-/m1/s1. The lowest BCUT2D eigenvalue weighted by Crippen LogP contribution is -2.07. The van der Waals surface area contributed by atoms with Gasteiger partial charge in [0.2, 0.25) is 0 Å². The van der Waals surface area contributed by atoms with Gasteiger partial charge in [-0.1, -0.05) is 26.0 Å². The molecule has 8 heavy (non-hydrogen) atoms. The van der Waals surface area contributed by atoms with E-state index in [1.54, 1.807) is 0 Å². The van der Waals surface area contributed by atoms with E-state index in [1.165, 1.54) is 12.8 Å². The summed E-state index contributed by atoms with van der Waals surface area (Å²) in [5.74, 6) is 1.74. The Kier molecular flexibility index (Phi) is 1.72. The van der Waals surface area contributed by atoms with E-state index < -0.39 is 0 Å². The first-order valence-electron chi connectivity index (χ1n) is 3.47. The zero-order valence-corrected chi connectivity index (χ0v) is 5.72. The van der Waals surface area contributed by atoms with E-state index in [0.717, 1.165) is 11.8 Å². The number of hydrogen-bond donors (Lipinski definition) is 0. The molecule has 0 nitrogen and oxygen atoms in total. The quantitative estimate of drug-likeness (QED) is 0.420. The summed E-state index contributed by atoms with van der Waals surface area (Å²) in [5, 5.41) is 0. The lowest BCUT2D eigenvalue weighted by molar-refractivity contribution is 0.413. The average molecular weight is 110 g/mol.